The van der Waals surface area contributed by atoms with E-state index in [0.717, 1.165) is 4.90 Å². The molecule has 2 heterocycles. The minimum absolute atomic E-state index is 0.134. The van der Waals surface area contributed by atoms with Crippen molar-refractivity contribution in [2.75, 3.05) is 0 Å². The molecule has 0 saturated heterocycles. The van der Waals surface area contributed by atoms with Gasteiger partial charge in [-0.1, -0.05) is 25.9 Å². The first-order chi connectivity index (χ1) is 8.86. The molecule has 7 heteroatoms. The molecule has 1 N–H and O–H groups in total. The lowest BCUT2D eigenvalue weighted by molar-refractivity contribution is 0.0702. The molecular weight excluding hydrogens is 284 g/mol. The summed E-state index contributed by atoms with van der Waals surface area (Å²) in [4.78, 5) is 16.3. The highest BCUT2D eigenvalue weighted by Crippen LogP contribution is 2.28. The molecule has 0 fully saturated rings. The van der Waals surface area contributed by atoms with Crippen LogP contribution >= 0.6 is 23.1 Å². The number of rotatable bonds is 4. The van der Waals surface area contributed by atoms with E-state index in [1.807, 2.05) is 26.2 Å². The molecule has 5 nitrogen and oxygen atoms in total. The molecule has 0 bridgehead atoms. The van der Waals surface area contributed by atoms with Crippen LogP contribution < -0.4 is 0 Å². The van der Waals surface area contributed by atoms with Crippen molar-refractivity contribution in [1.82, 2.24) is 10.1 Å². The van der Waals surface area contributed by atoms with Gasteiger partial charge in [0.1, 0.15) is 4.88 Å². The molecule has 0 aromatic carbocycles. The minimum atomic E-state index is -0.898. The zero-order valence-electron chi connectivity index (χ0n) is 10.8. The second kappa shape index (κ2) is 5.34. The number of aromatic nitrogens is 2. The number of thioether (sulfide) groups is 1. The van der Waals surface area contributed by atoms with Gasteiger partial charge in [-0.2, -0.15) is 4.98 Å². The summed E-state index contributed by atoms with van der Waals surface area (Å²) in [6, 6.07) is 1.65. The lowest BCUT2D eigenvalue weighted by atomic mass is 9.96. The Balaban J connectivity index is 1.98. The molecule has 102 valence electrons. The molecule has 19 heavy (non-hydrogen) atoms. The molecule has 2 aromatic heterocycles. The highest BCUT2D eigenvalue weighted by atomic mass is 32.2. The molecule has 0 spiro atoms. The summed E-state index contributed by atoms with van der Waals surface area (Å²) in [5.41, 5.74) is -0.134. The highest BCUT2D eigenvalue weighted by molar-refractivity contribution is 7.98. The normalized spacial score (nSPS) is 11.7. The first-order valence-corrected chi connectivity index (χ1v) is 7.50. The maximum absolute atomic E-state index is 10.8. The van der Waals surface area contributed by atoms with E-state index >= 15 is 0 Å². The third-order valence-corrected chi connectivity index (χ3v) is 4.32. The van der Waals surface area contributed by atoms with Crippen LogP contribution in [0.5, 0.6) is 0 Å². The monoisotopic (exact) mass is 298 g/mol. The van der Waals surface area contributed by atoms with E-state index in [0.29, 0.717) is 22.3 Å². The van der Waals surface area contributed by atoms with Crippen LogP contribution in [0, 0.1) is 0 Å². The van der Waals surface area contributed by atoms with Gasteiger partial charge in [-0.15, -0.1) is 23.1 Å². The van der Waals surface area contributed by atoms with E-state index in [4.69, 9.17) is 9.63 Å². The Bertz CT molecular complexity index is 584. The third kappa shape index (κ3) is 3.57. The molecule has 2 aromatic rings. The second-order valence-electron chi connectivity index (χ2n) is 5.00. The van der Waals surface area contributed by atoms with Crippen molar-refractivity contribution in [3.63, 3.8) is 0 Å². The summed E-state index contributed by atoms with van der Waals surface area (Å²) in [7, 11) is 0. The standard InChI is InChI=1S/C12H14N2O3S2/c1-12(2,3)11-13-9(17-14-11)6-18-7-4-8(10(15)16)19-5-7/h4-5H,6H2,1-3H3,(H,15,16). The number of carboxylic acids is 1. The van der Waals surface area contributed by atoms with E-state index in [1.54, 1.807) is 6.07 Å². The molecule has 0 aliphatic heterocycles. The summed E-state index contributed by atoms with van der Waals surface area (Å²) in [5.74, 6) is 0.876. The molecule has 0 aliphatic carbocycles. The molecule has 0 atom stereocenters. The number of hydrogen-bond donors (Lipinski definition) is 1. The number of hydrogen-bond acceptors (Lipinski definition) is 6. The second-order valence-corrected chi connectivity index (χ2v) is 6.96. The molecule has 0 unspecified atom stereocenters. The van der Waals surface area contributed by atoms with E-state index in [-0.39, 0.29) is 5.41 Å². The Kier molecular flexibility index (Phi) is 3.96. The Morgan fingerprint density at radius 2 is 2.26 bits per heavy atom. The van der Waals surface area contributed by atoms with Crippen molar-refractivity contribution >= 4 is 29.1 Å². The van der Waals surface area contributed by atoms with Gasteiger partial charge in [-0.05, 0) is 6.07 Å². The van der Waals surface area contributed by atoms with Crippen molar-refractivity contribution in [2.24, 2.45) is 0 Å². The van der Waals surface area contributed by atoms with Crippen LogP contribution in [0.4, 0.5) is 0 Å². The van der Waals surface area contributed by atoms with Gasteiger partial charge in [-0.25, -0.2) is 4.79 Å². The predicted octanol–water partition coefficient (Wildman–Crippen LogP) is 3.42. The van der Waals surface area contributed by atoms with Gasteiger partial charge in [0, 0.05) is 15.7 Å². The van der Waals surface area contributed by atoms with E-state index in [2.05, 4.69) is 10.1 Å². The van der Waals surface area contributed by atoms with Crippen LogP contribution in [-0.2, 0) is 11.2 Å². The Hall–Kier alpha value is -1.34. The maximum Gasteiger partial charge on any atom is 0.345 e. The van der Waals surface area contributed by atoms with Crippen LogP contribution in [0.3, 0.4) is 0 Å². The fourth-order valence-electron chi connectivity index (χ4n) is 1.27. The lowest BCUT2D eigenvalue weighted by Crippen LogP contribution is -2.13. The molecule has 0 radical (unpaired) electrons. The van der Waals surface area contributed by atoms with Gasteiger partial charge in [0.2, 0.25) is 5.89 Å². The van der Waals surface area contributed by atoms with E-state index in [1.165, 1.54) is 23.1 Å². The van der Waals surface area contributed by atoms with Crippen molar-refractivity contribution in [2.45, 2.75) is 36.8 Å². The highest BCUT2D eigenvalue weighted by Gasteiger charge is 2.21. The fraction of sp³-hybridized carbons (Fsp3) is 0.417. The van der Waals surface area contributed by atoms with Crippen LogP contribution in [0.25, 0.3) is 0 Å². The summed E-state index contributed by atoms with van der Waals surface area (Å²) in [6.07, 6.45) is 0. The summed E-state index contributed by atoms with van der Waals surface area (Å²) >= 11 is 2.70. The summed E-state index contributed by atoms with van der Waals surface area (Å²) in [5, 5.41) is 14.6. The van der Waals surface area contributed by atoms with Crippen molar-refractivity contribution in [3.05, 3.63) is 28.0 Å². The van der Waals surface area contributed by atoms with Crippen molar-refractivity contribution in [1.29, 1.82) is 0 Å². The average molecular weight is 298 g/mol. The topological polar surface area (TPSA) is 76.2 Å². The number of carbonyl (C=O) groups is 1. The first kappa shape index (κ1) is 14.1. The van der Waals surface area contributed by atoms with Gasteiger partial charge in [0.15, 0.2) is 5.82 Å². The number of carboxylic acid groups (broad SMARTS) is 1. The minimum Gasteiger partial charge on any atom is -0.477 e. The van der Waals surface area contributed by atoms with Crippen molar-refractivity contribution < 1.29 is 14.4 Å². The molecule has 0 amide bonds. The third-order valence-electron chi connectivity index (χ3n) is 2.29. The quantitative estimate of drug-likeness (QED) is 0.872. The van der Waals surface area contributed by atoms with Crippen LogP contribution in [0.2, 0.25) is 0 Å². The van der Waals surface area contributed by atoms with Gasteiger partial charge < -0.3 is 9.63 Å². The van der Waals surface area contributed by atoms with Crippen molar-refractivity contribution in [3.8, 4) is 0 Å². The molecule has 0 saturated carbocycles. The van der Waals surface area contributed by atoms with Crippen LogP contribution in [-0.4, -0.2) is 21.2 Å². The molecular formula is C12H14N2O3S2. The predicted molar refractivity (Wildman–Crippen MR) is 73.8 cm³/mol. The maximum atomic E-state index is 10.8. The Morgan fingerprint density at radius 3 is 2.79 bits per heavy atom. The van der Waals surface area contributed by atoms with Gasteiger partial charge in [-0.3, -0.25) is 0 Å². The number of aromatic carboxylic acids is 1. The van der Waals surface area contributed by atoms with E-state index < -0.39 is 5.97 Å². The smallest absolute Gasteiger partial charge is 0.345 e. The Morgan fingerprint density at radius 1 is 1.53 bits per heavy atom. The largest absolute Gasteiger partial charge is 0.477 e. The first-order valence-electron chi connectivity index (χ1n) is 5.64. The van der Waals surface area contributed by atoms with Crippen LogP contribution in [0.15, 0.2) is 20.9 Å². The number of thiophene rings is 1. The van der Waals surface area contributed by atoms with Gasteiger partial charge in [0.25, 0.3) is 0 Å². The number of nitrogens with zero attached hydrogens (tertiary/aromatic N) is 2. The summed E-state index contributed by atoms with van der Waals surface area (Å²) in [6.45, 7) is 6.06. The van der Waals surface area contributed by atoms with Crippen LogP contribution in [0.1, 0.15) is 42.2 Å². The molecule has 0 aliphatic rings. The summed E-state index contributed by atoms with van der Waals surface area (Å²) < 4.78 is 5.17. The zero-order valence-corrected chi connectivity index (χ0v) is 12.5. The molecule has 2 rings (SSSR count). The van der Waals surface area contributed by atoms with Gasteiger partial charge >= 0.3 is 5.97 Å². The van der Waals surface area contributed by atoms with E-state index in [9.17, 15) is 4.79 Å². The fourth-order valence-corrected chi connectivity index (χ4v) is 2.98. The average Bonchev–Trinajstić information content (AvgIpc) is 2.95. The zero-order chi connectivity index (χ0) is 14.0. The Labute approximate surface area is 119 Å². The lowest BCUT2D eigenvalue weighted by Gasteiger charge is -2.10. The SMILES string of the molecule is CC(C)(C)c1noc(CSc2csc(C(=O)O)c2)n1. The van der Waals surface area contributed by atoms with Gasteiger partial charge in [0.05, 0.1) is 5.75 Å².